The summed E-state index contributed by atoms with van der Waals surface area (Å²) in [5.74, 6) is -1.27. The highest BCUT2D eigenvalue weighted by Gasteiger charge is 2.29. The summed E-state index contributed by atoms with van der Waals surface area (Å²) in [6.07, 6.45) is 1.44. The number of hydrogen-bond donors (Lipinski definition) is 1. The fourth-order valence-corrected chi connectivity index (χ4v) is 3.30. The molecule has 3 heterocycles. The number of aromatic nitrogens is 1. The summed E-state index contributed by atoms with van der Waals surface area (Å²) in [4.78, 5) is 44.8. The number of carbonyl (C=O) groups is 3. The molecule has 0 spiro atoms. The van der Waals surface area contributed by atoms with Gasteiger partial charge in [0.25, 0.3) is 5.91 Å². The van der Waals surface area contributed by atoms with E-state index in [4.69, 9.17) is 4.42 Å². The molecule has 0 saturated carbocycles. The summed E-state index contributed by atoms with van der Waals surface area (Å²) in [7, 11) is 0. The number of nitrogens with one attached hydrogen (secondary N) is 1. The minimum Gasteiger partial charge on any atom is -0.459 e. The molecule has 3 amide bonds. The average molecular weight is 362 g/mol. The van der Waals surface area contributed by atoms with Gasteiger partial charge in [0.15, 0.2) is 10.9 Å². The van der Waals surface area contributed by atoms with Crippen molar-refractivity contribution in [3.05, 3.63) is 34.7 Å². The van der Waals surface area contributed by atoms with Crippen LogP contribution in [0.2, 0.25) is 0 Å². The number of anilines is 1. The zero-order chi connectivity index (χ0) is 18.0. The molecule has 0 aliphatic carbocycles. The molecule has 1 N–H and O–H groups in total. The second-order valence-electron chi connectivity index (χ2n) is 5.68. The second-order valence-corrected chi connectivity index (χ2v) is 6.88. The Balaban J connectivity index is 1.54. The smallest absolute Gasteiger partial charge is 0.315 e. The van der Waals surface area contributed by atoms with Crippen molar-refractivity contribution in [2.45, 2.75) is 13.8 Å². The zero-order valence-electron chi connectivity index (χ0n) is 13.9. The number of nitrogens with zero attached hydrogens (tertiary/aromatic N) is 3. The number of carbonyl (C=O) groups excluding carboxylic acids is 3. The third-order valence-corrected chi connectivity index (χ3v) is 5.02. The van der Waals surface area contributed by atoms with E-state index in [2.05, 4.69) is 10.3 Å². The first-order valence-corrected chi connectivity index (χ1v) is 8.64. The van der Waals surface area contributed by atoms with Gasteiger partial charge in [-0.25, -0.2) is 4.98 Å². The maximum absolute atomic E-state index is 12.3. The molecular formula is C16H18N4O4S. The Bertz CT molecular complexity index is 772. The predicted octanol–water partition coefficient (Wildman–Crippen LogP) is 1.28. The average Bonchev–Trinajstić information content (AvgIpc) is 3.24. The molecule has 132 valence electrons. The van der Waals surface area contributed by atoms with Gasteiger partial charge in [-0.15, -0.1) is 11.3 Å². The molecule has 8 nitrogen and oxygen atoms in total. The molecule has 1 aliphatic heterocycles. The minimum absolute atomic E-state index is 0.213. The van der Waals surface area contributed by atoms with Crippen molar-refractivity contribution in [1.82, 2.24) is 14.8 Å². The van der Waals surface area contributed by atoms with E-state index in [9.17, 15) is 14.4 Å². The maximum Gasteiger partial charge on any atom is 0.315 e. The number of thiazole rings is 1. The summed E-state index contributed by atoms with van der Waals surface area (Å²) >= 11 is 1.33. The fraction of sp³-hybridized carbons (Fsp3) is 0.375. The van der Waals surface area contributed by atoms with Crippen LogP contribution in [0.4, 0.5) is 5.13 Å². The van der Waals surface area contributed by atoms with Crippen molar-refractivity contribution < 1.29 is 18.8 Å². The number of hydrogen-bond acceptors (Lipinski definition) is 6. The van der Waals surface area contributed by atoms with Crippen molar-refractivity contribution >= 4 is 34.2 Å². The van der Waals surface area contributed by atoms with Crippen molar-refractivity contribution in [2.24, 2.45) is 0 Å². The number of rotatable bonds is 2. The highest BCUT2D eigenvalue weighted by Crippen LogP contribution is 2.21. The first kappa shape index (κ1) is 17.2. The zero-order valence-corrected chi connectivity index (χ0v) is 14.8. The van der Waals surface area contributed by atoms with Crippen molar-refractivity contribution in [2.75, 3.05) is 31.5 Å². The lowest BCUT2D eigenvalue weighted by molar-refractivity contribution is -0.144. The van der Waals surface area contributed by atoms with Gasteiger partial charge in [-0.1, -0.05) is 0 Å². The van der Waals surface area contributed by atoms with Crippen molar-refractivity contribution in [3.63, 3.8) is 0 Å². The molecule has 1 aliphatic rings. The van der Waals surface area contributed by atoms with Crippen LogP contribution in [0.1, 0.15) is 21.1 Å². The van der Waals surface area contributed by atoms with Gasteiger partial charge in [0.1, 0.15) is 0 Å². The first-order chi connectivity index (χ1) is 12.0. The lowest BCUT2D eigenvalue weighted by Crippen LogP contribution is -2.52. The summed E-state index contributed by atoms with van der Waals surface area (Å²) < 4.78 is 5.10. The molecule has 2 aromatic heterocycles. The normalized spacial score (nSPS) is 14.5. The van der Waals surface area contributed by atoms with Crippen LogP contribution in [-0.2, 0) is 9.59 Å². The Morgan fingerprint density at radius 1 is 1.16 bits per heavy atom. The Morgan fingerprint density at radius 3 is 2.40 bits per heavy atom. The number of piperazine rings is 1. The molecule has 2 aromatic rings. The van der Waals surface area contributed by atoms with Crippen LogP contribution >= 0.6 is 11.3 Å². The Kier molecular flexibility index (Phi) is 4.84. The number of furan rings is 1. The molecule has 0 unspecified atom stereocenters. The highest BCUT2D eigenvalue weighted by atomic mass is 32.1. The van der Waals surface area contributed by atoms with E-state index >= 15 is 0 Å². The van der Waals surface area contributed by atoms with Gasteiger partial charge in [-0.2, -0.15) is 0 Å². The van der Waals surface area contributed by atoms with E-state index in [1.165, 1.54) is 22.5 Å². The van der Waals surface area contributed by atoms with Crippen LogP contribution < -0.4 is 5.32 Å². The second kappa shape index (κ2) is 7.06. The quantitative estimate of drug-likeness (QED) is 0.812. The predicted molar refractivity (Wildman–Crippen MR) is 91.4 cm³/mol. The van der Waals surface area contributed by atoms with Gasteiger partial charge >= 0.3 is 11.8 Å². The lowest BCUT2D eigenvalue weighted by Gasteiger charge is -2.33. The van der Waals surface area contributed by atoms with Gasteiger partial charge < -0.3 is 14.2 Å². The van der Waals surface area contributed by atoms with Gasteiger partial charge in [0.05, 0.1) is 12.0 Å². The van der Waals surface area contributed by atoms with E-state index in [1.807, 2.05) is 13.8 Å². The van der Waals surface area contributed by atoms with E-state index in [0.717, 1.165) is 10.6 Å². The summed E-state index contributed by atoms with van der Waals surface area (Å²) in [5.41, 5.74) is 0.831. The molecule has 0 bridgehead atoms. The molecule has 0 radical (unpaired) electrons. The number of amides is 3. The highest BCUT2D eigenvalue weighted by molar-refractivity contribution is 7.15. The Hall–Kier alpha value is -2.68. The summed E-state index contributed by atoms with van der Waals surface area (Å²) in [6, 6.07) is 3.25. The molecule has 1 saturated heterocycles. The van der Waals surface area contributed by atoms with Gasteiger partial charge in [-0.3, -0.25) is 19.7 Å². The van der Waals surface area contributed by atoms with Gasteiger partial charge in [0, 0.05) is 31.1 Å². The maximum atomic E-state index is 12.3. The largest absolute Gasteiger partial charge is 0.459 e. The van der Waals surface area contributed by atoms with E-state index in [1.54, 1.807) is 17.0 Å². The molecular weight excluding hydrogens is 344 g/mol. The molecule has 1 fully saturated rings. The van der Waals surface area contributed by atoms with Crippen LogP contribution in [0.3, 0.4) is 0 Å². The van der Waals surface area contributed by atoms with E-state index in [0.29, 0.717) is 31.3 Å². The molecule has 0 atom stereocenters. The van der Waals surface area contributed by atoms with Crippen LogP contribution in [0.25, 0.3) is 0 Å². The lowest BCUT2D eigenvalue weighted by atomic mass is 10.2. The topological polar surface area (TPSA) is 95.8 Å². The van der Waals surface area contributed by atoms with Crippen molar-refractivity contribution in [3.8, 4) is 0 Å². The van der Waals surface area contributed by atoms with Crippen LogP contribution in [0.5, 0.6) is 0 Å². The SMILES string of the molecule is Cc1nc(NC(=O)C(=O)N2CCN(C(=O)c3ccco3)CC2)sc1C. The Morgan fingerprint density at radius 2 is 1.84 bits per heavy atom. The van der Waals surface area contributed by atoms with E-state index < -0.39 is 11.8 Å². The number of aryl methyl sites for hydroxylation is 2. The van der Waals surface area contributed by atoms with Crippen LogP contribution in [0, 0.1) is 13.8 Å². The fourth-order valence-electron chi connectivity index (χ4n) is 2.49. The van der Waals surface area contributed by atoms with Crippen LogP contribution in [0.15, 0.2) is 22.8 Å². The summed E-state index contributed by atoms with van der Waals surface area (Å²) in [5, 5.41) is 2.96. The van der Waals surface area contributed by atoms with E-state index in [-0.39, 0.29) is 11.7 Å². The Labute approximate surface area is 148 Å². The van der Waals surface area contributed by atoms with Gasteiger partial charge in [0.2, 0.25) is 0 Å². The van der Waals surface area contributed by atoms with Crippen molar-refractivity contribution in [1.29, 1.82) is 0 Å². The monoisotopic (exact) mass is 362 g/mol. The standard InChI is InChI=1S/C16H18N4O4S/c1-10-11(2)25-16(17-10)18-13(21)15(23)20-7-5-19(6-8-20)14(22)12-4-3-9-24-12/h3-4,9H,5-8H2,1-2H3,(H,17,18,21). The molecule has 3 rings (SSSR count). The first-order valence-electron chi connectivity index (χ1n) is 7.83. The minimum atomic E-state index is -0.709. The molecule has 25 heavy (non-hydrogen) atoms. The van der Waals surface area contributed by atoms with Gasteiger partial charge in [-0.05, 0) is 26.0 Å². The molecule has 0 aromatic carbocycles. The summed E-state index contributed by atoms with van der Waals surface area (Å²) in [6.45, 7) is 5.06. The van der Waals surface area contributed by atoms with Crippen LogP contribution in [-0.4, -0.2) is 58.7 Å². The molecule has 9 heteroatoms. The third-order valence-electron chi connectivity index (χ3n) is 4.03. The third kappa shape index (κ3) is 3.71.